The van der Waals surface area contributed by atoms with Crippen LogP contribution in [0.1, 0.15) is 49.4 Å². The first kappa shape index (κ1) is 18.2. The maximum atomic E-state index is 12.8. The number of amides is 2. The molecule has 0 bridgehead atoms. The summed E-state index contributed by atoms with van der Waals surface area (Å²) >= 11 is 0. The first-order valence-electron chi connectivity index (χ1n) is 9.41. The molecule has 1 aliphatic rings. The van der Waals surface area contributed by atoms with Crippen LogP contribution in [0.3, 0.4) is 0 Å². The third-order valence-electron chi connectivity index (χ3n) is 5.09. The van der Waals surface area contributed by atoms with Gasteiger partial charge in [-0.05, 0) is 43.0 Å². The van der Waals surface area contributed by atoms with E-state index in [9.17, 15) is 9.59 Å². The first-order chi connectivity index (χ1) is 12.6. The third kappa shape index (κ3) is 3.96. The zero-order chi connectivity index (χ0) is 18.4. The summed E-state index contributed by atoms with van der Waals surface area (Å²) in [7, 11) is 0. The standard InChI is InChI=1S/C22H26N2O2/c1-2-23-21(26)22(15-7-4-8-16-22)24-20(25)19-13-11-18(12-14-19)17-9-5-3-6-10-17/h3,5-6,9-14H,2,4,7-8,15-16H2,1H3,(H,23,26)(H,24,25). The van der Waals surface area contributed by atoms with E-state index < -0.39 is 5.54 Å². The van der Waals surface area contributed by atoms with Gasteiger partial charge in [-0.3, -0.25) is 9.59 Å². The Morgan fingerprint density at radius 2 is 1.50 bits per heavy atom. The molecule has 1 saturated carbocycles. The fraction of sp³-hybridized carbons (Fsp3) is 0.364. The number of hydrogen-bond acceptors (Lipinski definition) is 2. The predicted molar refractivity (Wildman–Crippen MR) is 104 cm³/mol. The van der Waals surface area contributed by atoms with Crippen molar-refractivity contribution in [2.45, 2.75) is 44.6 Å². The molecule has 2 amide bonds. The van der Waals surface area contributed by atoms with Gasteiger partial charge < -0.3 is 10.6 Å². The highest BCUT2D eigenvalue weighted by atomic mass is 16.2. The van der Waals surface area contributed by atoms with Crippen molar-refractivity contribution < 1.29 is 9.59 Å². The average molecular weight is 350 g/mol. The molecule has 0 spiro atoms. The van der Waals surface area contributed by atoms with Gasteiger partial charge in [0.2, 0.25) is 5.91 Å². The molecule has 0 heterocycles. The van der Waals surface area contributed by atoms with Crippen LogP contribution in [0.15, 0.2) is 54.6 Å². The van der Waals surface area contributed by atoms with Crippen LogP contribution >= 0.6 is 0 Å². The van der Waals surface area contributed by atoms with E-state index >= 15 is 0 Å². The summed E-state index contributed by atoms with van der Waals surface area (Å²) in [4.78, 5) is 25.4. The Hall–Kier alpha value is -2.62. The van der Waals surface area contributed by atoms with Gasteiger partial charge in [-0.2, -0.15) is 0 Å². The molecule has 0 atom stereocenters. The first-order valence-corrected chi connectivity index (χ1v) is 9.41. The molecule has 0 aliphatic heterocycles. The second-order valence-corrected chi connectivity index (χ2v) is 6.90. The summed E-state index contributed by atoms with van der Waals surface area (Å²) in [6, 6.07) is 17.6. The van der Waals surface area contributed by atoms with Crippen molar-refractivity contribution in [1.82, 2.24) is 10.6 Å². The molecule has 0 unspecified atom stereocenters. The van der Waals surface area contributed by atoms with Crippen LogP contribution in [-0.2, 0) is 4.79 Å². The van der Waals surface area contributed by atoms with Crippen molar-refractivity contribution in [1.29, 1.82) is 0 Å². The van der Waals surface area contributed by atoms with Gasteiger partial charge in [0.1, 0.15) is 5.54 Å². The van der Waals surface area contributed by atoms with Crippen LogP contribution in [0.2, 0.25) is 0 Å². The van der Waals surface area contributed by atoms with Crippen molar-refractivity contribution >= 4 is 11.8 Å². The van der Waals surface area contributed by atoms with Crippen LogP contribution in [0, 0.1) is 0 Å². The summed E-state index contributed by atoms with van der Waals surface area (Å²) in [6.07, 6.45) is 4.44. The molecule has 2 aromatic carbocycles. The zero-order valence-corrected chi connectivity index (χ0v) is 15.3. The Morgan fingerprint density at radius 1 is 0.885 bits per heavy atom. The monoisotopic (exact) mass is 350 g/mol. The van der Waals surface area contributed by atoms with Gasteiger partial charge in [0.15, 0.2) is 0 Å². The topological polar surface area (TPSA) is 58.2 Å². The summed E-state index contributed by atoms with van der Waals surface area (Å²) in [5.74, 6) is -0.244. The van der Waals surface area contributed by atoms with Gasteiger partial charge in [-0.1, -0.05) is 61.7 Å². The Bertz CT molecular complexity index is 747. The summed E-state index contributed by atoms with van der Waals surface area (Å²) in [6.45, 7) is 2.47. The van der Waals surface area contributed by atoms with Gasteiger partial charge in [0.25, 0.3) is 5.91 Å². The second-order valence-electron chi connectivity index (χ2n) is 6.90. The molecular weight excluding hydrogens is 324 g/mol. The molecule has 1 aliphatic carbocycles. The highest BCUT2D eigenvalue weighted by Crippen LogP contribution is 2.29. The molecule has 2 N–H and O–H groups in total. The molecule has 4 heteroatoms. The van der Waals surface area contributed by atoms with E-state index in [4.69, 9.17) is 0 Å². The second kappa shape index (κ2) is 8.17. The van der Waals surface area contributed by atoms with E-state index in [0.29, 0.717) is 24.9 Å². The Kier molecular flexibility index (Phi) is 5.71. The van der Waals surface area contributed by atoms with Crippen LogP contribution in [-0.4, -0.2) is 23.9 Å². The Balaban J connectivity index is 1.76. The van der Waals surface area contributed by atoms with Gasteiger partial charge in [-0.15, -0.1) is 0 Å². The van der Waals surface area contributed by atoms with Crippen molar-refractivity contribution in [3.05, 3.63) is 60.2 Å². The van der Waals surface area contributed by atoms with Gasteiger partial charge in [0.05, 0.1) is 0 Å². The number of likely N-dealkylation sites (N-methyl/N-ethyl adjacent to an activating group) is 1. The quantitative estimate of drug-likeness (QED) is 0.858. The smallest absolute Gasteiger partial charge is 0.252 e. The molecular formula is C22H26N2O2. The van der Waals surface area contributed by atoms with E-state index in [2.05, 4.69) is 10.6 Å². The van der Waals surface area contributed by atoms with E-state index in [0.717, 1.165) is 30.4 Å². The minimum Gasteiger partial charge on any atom is -0.354 e. The summed E-state index contributed by atoms with van der Waals surface area (Å²) < 4.78 is 0. The zero-order valence-electron chi connectivity index (χ0n) is 15.3. The normalized spacial score (nSPS) is 15.9. The van der Waals surface area contributed by atoms with E-state index in [-0.39, 0.29) is 11.8 Å². The molecule has 136 valence electrons. The molecule has 4 nitrogen and oxygen atoms in total. The van der Waals surface area contributed by atoms with Crippen molar-refractivity contribution in [2.75, 3.05) is 6.54 Å². The fourth-order valence-corrected chi connectivity index (χ4v) is 3.63. The van der Waals surface area contributed by atoms with Crippen molar-refractivity contribution in [3.63, 3.8) is 0 Å². The third-order valence-corrected chi connectivity index (χ3v) is 5.09. The Labute approximate surface area is 155 Å². The molecule has 26 heavy (non-hydrogen) atoms. The largest absolute Gasteiger partial charge is 0.354 e. The highest BCUT2D eigenvalue weighted by Gasteiger charge is 2.40. The molecule has 0 saturated heterocycles. The molecule has 1 fully saturated rings. The molecule has 3 rings (SSSR count). The van der Waals surface area contributed by atoms with Crippen LogP contribution in [0.5, 0.6) is 0 Å². The summed E-state index contributed by atoms with van der Waals surface area (Å²) in [5, 5.41) is 5.93. The molecule has 0 aromatic heterocycles. The SMILES string of the molecule is CCNC(=O)C1(NC(=O)c2ccc(-c3ccccc3)cc2)CCCCC1. The lowest BCUT2D eigenvalue weighted by atomic mass is 9.80. The number of rotatable bonds is 5. The lowest BCUT2D eigenvalue weighted by molar-refractivity contribution is -0.128. The van der Waals surface area contributed by atoms with Crippen LogP contribution in [0.4, 0.5) is 0 Å². The van der Waals surface area contributed by atoms with Crippen LogP contribution in [0.25, 0.3) is 11.1 Å². The summed E-state index contributed by atoms with van der Waals surface area (Å²) in [5.41, 5.74) is 1.99. The minimum absolute atomic E-state index is 0.0612. The van der Waals surface area contributed by atoms with E-state index in [1.165, 1.54) is 0 Å². The van der Waals surface area contributed by atoms with Crippen molar-refractivity contribution in [2.24, 2.45) is 0 Å². The van der Waals surface area contributed by atoms with Crippen molar-refractivity contribution in [3.8, 4) is 11.1 Å². The van der Waals surface area contributed by atoms with Crippen LogP contribution < -0.4 is 10.6 Å². The number of carbonyl (C=O) groups is 2. The highest BCUT2D eigenvalue weighted by molar-refractivity contribution is 5.99. The maximum absolute atomic E-state index is 12.8. The van der Waals surface area contributed by atoms with E-state index in [1.54, 1.807) is 0 Å². The number of benzene rings is 2. The van der Waals surface area contributed by atoms with Gasteiger partial charge >= 0.3 is 0 Å². The number of hydrogen-bond donors (Lipinski definition) is 2. The Morgan fingerprint density at radius 3 is 2.12 bits per heavy atom. The minimum atomic E-state index is -0.774. The number of nitrogens with one attached hydrogen (secondary N) is 2. The number of carbonyl (C=O) groups excluding carboxylic acids is 2. The molecule has 2 aromatic rings. The maximum Gasteiger partial charge on any atom is 0.252 e. The fourth-order valence-electron chi connectivity index (χ4n) is 3.63. The lowest BCUT2D eigenvalue weighted by Crippen LogP contribution is -2.59. The van der Waals surface area contributed by atoms with Gasteiger partial charge in [-0.25, -0.2) is 0 Å². The lowest BCUT2D eigenvalue weighted by Gasteiger charge is -2.36. The average Bonchev–Trinajstić information content (AvgIpc) is 2.69. The predicted octanol–water partition coefficient (Wildman–Crippen LogP) is 3.92. The molecule has 0 radical (unpaired) electrons. The van der Waals surface area contributed by atoms with Gasteiger partial charge in [0, 0.05) is 12.1 Å². The van der Waals surface area contributed by atoms with E-state index in [1.807, 2.05) is 61.5 Å².